The molecule has 2 nitrogen and oxygen atoms in total. The van der Waals surface area contributed by atoms with E-state index in [9.17, 15) is 0 Å². The van der Waals surface area contributed by atoms with Crippen LogP contribution >= 0.6 is 0 Å². The predicted molar refractivity (Wildman–Crippen MR) is 323 cm³/mol. The van der Waals surface area contributed by atoms with Gasteiger partial charge in [0.2, 0.25) is 0 Å². The van der Waals surface area contributed by atoms with E-state index >= 15 is 0 Å². The molecule has 72 heavy (non-hydrogen) atoms. The number of nitrogens with zero attached hydrogens (tertiary/aromatic N) is 2. The highest BCUT2D eigenvalue weighted by Gasteiger charge is 2.30. The topological polar surface area (TPSA) is 6.48 Å². The van der Waals surface area contributed by atoms with Crippen molar-refractivity contribution in [2.75, 3.05) is 9.80 Å². The molecule has 0 unspecified atom stereocenters. The number of hydrogen-bond acceptors (Lipinski definition) is 2. The van der Waals surface area contributed by atoms with E-state index in [1.54, 1.807) is 0 Å². The first kappa shape index (κ1) is 48.9. The van der Waals surface area contributed by atoms with Crippen LogP contribution in [0.15, 0.2) is 170 Å². The van der Waals surface area contributed by atoms with Crippen molar-refractivity contribution in [3.63, 3.8) is 0 Å². The van der Waals surface area contributed by atoms with Crippen molar-refractivity contribution in [3.05, 3.63) is 203 Å². The van der Waals surface area contributed by atoms with Crippen LogP contribution in [0.4, 0.5) is 34.1 Å². The van der Waals surface area contributed by atoms with Crippen molar-refractivity contribution < 1.29 is 0 Å². The highest BCUT2D eigenvalue weighted by molar-refractivity contribution is 6.89. The summed E-state index contributed by atoms with van der Waals surface area (Å²) in [4.78, 5) is 5.28. The summed E-state index contributed by atoms with van der Waals surface area (Å²) in [5.74, 6) is 0.550. The molecule has 0 radical (unpaired) electrons. The maximum atomic E-state index is 2.64. The normalized spacial score (nSPS) is 12.3. The number of aryl methyl sites for hydroxylation is 4. The van der Waals surface area contributed by atoms with Gasteiger partial charge in [0.1, 0.15) is 0 Å². The Hall–Kier alpha value is -6.73. The summed E-state index contributed by atoms with van der Waals surface area (Å²) in [6.45, 7) is 33.5. The van der Waals surface area contributed by atoms with Gasteiger partial charge in [0.25, 0.3) is 0 Å². The first-order valence-corrected chi connectivity index (χ1v) is 33.2. The van der Waals surface area contributed by atoms with Crippen molar-refractivity contribution in [2.45, 2.75) is 107 Å². The van der Waals surface area contributed by atoms with Crippen molar-refractivity contribution in [1.29, 1.82) is 0 Å². The minimum atomic E-state index is -1.71. The zero-order valence-corrected chi connectivity index (χ0v) is 47.2. The summed E-state index contributed by atoms with van der Waals surface area (Å²) in [7, 11) is -3.43. The van der Waals surface area contributed by atoms with Crippen LogP contribution < -0.4 is 20.2 Å². The Morgan fingerprint density at radius 2 is 0.625 bits per heavy atom. The fraction of sp³-hybridized carbons (Fsp3) is 0.235. The molecular formula is C68H72N2Si2. The zero-order valence-electron chi connectivity index (χ0n) is 45.2. The van der Waals surface area contributed by atoms with Crippen LogP contribution in [0.3, 0.4) is 0 Å². The molecule has 0 spiro atoms. The molecule has 10 rings (SSSR count). The molecule has 0 aromatic heterocycles. The highest BCUT2D eigenvalue weighted by Crippen LogP contribution is 2.52. The lowest BCUT2D eigenvalue weighted by atomic mass is 9.83. The summed E-state index contributed by atoms with van der Waals surface area (Å²) in [6.07, 6.45) is 0. The number of rotatable bonds is 12. The van der Waals surface area contributed by atoms with Gasteiger partial charge in [-0.2, -0.15) is 0 Å². The Labute approximate surface area is 432 Å². The molecule has 10 aromatic rings. The van der Waals surface area contributed by atoms with Gasteiger partial charge in [0, 0.05) is 33.5 Å². The van der Waals surface area contributed by atoms with Gasteiger partial charge in [-0.25, -0.2) is 0 Å². The van der Waals surface area contributed by atoms with Gasteiger partial charge in [-0.3, -0.25) is 0 Å². The Balaban J connectivity index is 1.35. The van der Waals surface area contributed by atoms with Crippen LogP contribution in [0.1, 0.15) is 72.9 Å². The lowest BCUT2D eigenvalue weighted by Gasteiger charge is -2.34. The van der Waals surface area contributed by atoms with Crippen LogP contribution in [-0.4, -0.2) is 16.1 Å². The van der Waals surface area contributed by atoms with Gasteiger partial charge in [-0.05, 0) is 153 Å². The van der Waals surface area contributed by atoms with Gasteiger partial charge >= 0.3 is 0 Å². The van der Waals surface area contributed by atoms with E-state index < -0.39 is 16.1 Å². The quantitative estimate of drug-likeness (QED) is 0.0889. The van der Waals surface area contributed by atoms with Crippen molar-refractivity contribution in [1.82, 2.24) is 0 Å². The summed E-state index contributed by atoms with van der Waals surface area (Å²) < 4.78 is 0. The van der Waals surface area contributed by atoms with Gasteiger partial charge in [-0.15, -0.1) is 0 Å². The zero-order chi connectivity index (χ0) is 51.0. The Bertz CT molecular complexity index is 3410. The highest BCUT2D eigenvalue weighted by atomic mass is 28.3. The van der Waals surface area contributed by atoms with E-state index in [4.69, 9.17) is 0 Å². The molecule has 10 aromatic carbocycles. The predicted octanol–water partition coefficient (Wildman–Crippen LogP) is 19.4. The molecule has 0 aliphatic heterocycles. The first-order valence-electron chi connectivity index (χ1n) is 26.2. The van der Waals surface area contributed by atoms with Gasteiger partial charge in [0.05, 0.1) is 27.5 Å². The fourth-order valence-electron chi connectivity index (χ4n) is 11.1. The van der Waals surface area contributed by atoms with E-state index in [1.165, 1.54) is 132 Å². The molecular weight excluding hydrogens is 901 g/mol. The molecule has 0 amide bonds. The van der Waals surface area contributed by atoms with Gasteiger partial charge < -0.3 is 9.80 Å². The van der Waals surface area contributed by atoms with Crippen LogP contribution in [0.5, 0.6) is 0 Å². The minimum Gasteiger partial charge on any atom is -0.309 e. The summed E-state index contributed by atoms with van der Waals surface area (Å²) in [6, 6.07) is 65.4. The van der Waals surface area contributed by atoms with E-state index in [2.05, 4.69) is 274 Å². The SMILES string of the molecule is Cc1ccc(-c2ccccc2)cc1N(c1cc([Si](C)(C)C)ccc1C)c1cc(C(C)C)c2ccc3c(N(c4cc(-c5ccccc5)ccc4C)c4cc([Si](C)(C)C)ccc4C)cc(C(C)C)c4ccc1c2c43. The second-order valence-electron chi connectivity index (χ2n) is 23.3. The standard InChI is InChI=1S/C68H72N2Si2/c1-43(2)59-41-65(69(63-39-53(71(9,10)11)31-27-47(63)7)61-37-51(29-25-45(61)5)49-21-17-15-18-22-49)57-36-34-56-60(44(3)4)42-66(58-35-33-55(59)67(57)68(56)58)70(64-40-54(72(12,13)14)32-28-48(64)8)62-38-52(30-26-46(62)6)50-23-19-16-20-24-50/h15-44H,1-14H3. The second kappa shape index (κ2) is 18.7. The number of anilines is 6. The third kappa shape index (κ3) is 8.77. The minimum absolute atomic E-state index is 0.275. The lowest BCUT2D eigenvalue weighted by molar-refractivity contribution is 0.875. The summed E-state index contributed by atoms with van der Waals surface area (Å²) in [5, 5.41) is 10.8. The van der Waals surface area contributed by atoms with E-state index in [0.717, 1.165) is 0 Å². The molecule has 362 valence electrons. The number of benzene rings is 10. The molecule has 4 heteroatoms. The largest absolute Gasteiger partial charge is 0.309 e. The van der Waals surface area contributed by atoms with E-state index in [0.29, 0.717) is 0 Å². The molecule has 0 N–H and O–H groups in total. The molecule has 0 saturated carbocycles. The second-order valence-corrected chi connectivity index (χ2v) is 33.4. The van der Waals surface area contributed by atoms with Crippen LogP contribution in [0, 0.1) is 27.7 Å². The third-order valence-corrected chi connectivity index (χ3v) is 19.5. The van der Waals surface area contributed by atoms with E-state index in [-0.39, 0.29) is 11.8 Å². The molecule has 0 fully saturated rings. The average Bonchev–Trinajstić information content (AvgIpc) is 3.35. The van der Waals surface area contributed by atoms with Gasteiger partial charge in [-0.1, -0.05) is 211 Å². The van der Waals surface area contributed by atoms with Crippen molar-refractivity contribution in [3.8, 4) is 22.3 Å². The molecule has 0 heterocycles. The maximum Gasteiger partial charge on any atom is 0.0776 e. The lowest BCUT2D eigenvalue weighted by Crippen LogP contribution is -2.38. The average molecular weight is 974 g/mol. The Kier molecular flexibility index (Phi) is 12.7. The third-order valence-electron chi connectivity index (χ3n) is 15.4. The summed E-state index contributed by atoms with van der Waals surface area (Å²) in [5.41, 5.74) is 20.0. The van der Waals surface area contributed by atoms with Crippen LogP contribution in [-0.2, 0) is 0 Å². The fourth-order valence-corrected chi connectivity index (χ4v) is 13.4. The van der Waals surface area contributed by atoms with E-state index in [1.807, 2.05) is 0 Å². The molecule has 0 aliphatic rings. The molecule has 0 aliphatic carbocycles. The van der Waals surface area contributed by atoms with Gasteiger partial charge in [0.15, 0.2) is 0 Å². The Morgan fingerprint density at radius 1 is 0.306 bits per heavy atom. The van der Waals surface area contributed by atoms with Crippen molar-refractivity contribution >= 4 is 93.0 Å². The van der Waals surface area contributed by atoms with Crippen molar-refractivity contribution in [2.24, 2.45) is 0 Å². The first-order chi connectivity index (χ1) is 34.3. The Morgan fingerprint density at radius 3 is 0.958 bits per heavy atom. The van der Waals surface area contributed by atoms with Crippen LogP contribution in [0.25, 0.3) is 54.6 Å². The monoisotopic (exact) mass is 973 g/mol. The molecule has 0 saturated heterocycles. The molecule has 0 bridgehead atoms. The summed E-state index contributed by atoms with van der Waals surface area (Å²) >= 11 is 0. The maximum absolute atomic E-state index is 2.64. The number of hydrogen-bond donors (Lipinski definition) is 0. The molecule has 0 atom stereocenters. The smallest absolute Gasteiger partial charge is 0.0776 e. The van der Waals surface area contributed by atoms with Crippen LogP contribution in [0.2, 0.25) is 39.3 Å².